The third kappa shape index (κ3) is 3.48. The van der Waals surface area contributed by atoms with Crippen molar-refractivity contribution < 1.29 is 8.42 Å². The van der Waals surface area contributed by atoms with Crippen LogP contribution in [0.15, 0.2) is 17.5 Å². The Morgan fingerprint density at radius 3 is 2.69 bits per heavy atom. The second-order valence-corrected chi connectivity index (χ2v) is 5.71. The molecule has 1 rings (SSSR count). The summed E-state index contributed by atoms with van der Waals surface area (Å²) in [4.78, 5) is 0.809. The Hall–Kier alpha value is -0.360. The number of sulfonamides is 1. The van der Waals surface area contributed by atoms with E-state index in [0.717, 1.165) is 10.3 Å². The molecule has 72 valence electrons. The summed E-state index contributed by atoms with van der Waals surface area (Å²) in [5, 5.41) is 1.11. The lowest BCUT2D eigenvalue weighted by Crippen LogP contribution is -2.14. The third-order valence-corrected chi connectivity index (χ3v) is 3.55. The van der Waals surface area contributed by atoms with Crippen molar-refractivity contribution in [3.05, 3.63) is 26.8 Å². The maximum absolute atomic E-state index is 11.0. The SMILES string of the molecule is CNS(=O)(=O)/C=C/c1ccc(Cl)s1. The third-order valence-electron chi connectivity index (χ3n) is 1.29. The summed E-state index contributed by atoms with van der Waals surface area (Å²) in [6.45, 7) is 0. The van der Waals surface area contributed by atoms with Gasteiger partial charge >= 0.3 is 0 Å². The van der Waals surface area contributed by atoms with Crippen molar-refractivity contribution in [2.45, 2.75) is 0 Å². The van der Waals surface area contributed by atoms with Crippen LogP contribution in [0.3, 0.4) is 0 Å². The fraction of sp³-hybridized carbons (Fsp3) is 0.143. The van der Waals surface area contributed by atoms with Gasteiger partial charge in [-0.15, -0.1) is 11.3 Å². The Kier molecular flexibility index (Phi) is 3.49. The standard InChI is InChI=1S/C7H8ClNO2S2/c1-9-13(10,11)5-4-6-2-3-7(8)12-6/h2-5,9H,1H3/b5-4+. The van der Waals surface area contributed by atoms with Crippen molar-refractivity contribution in [1.29, 1.82) is 0 Å². The highest BCUT2D eigenvalue weighted by Crippen LogP contribution is 2.22. The molecule has 0 aromatic carbocycles. The topological polar surface area (TPSA) is 46.2 Å². The number of nitrogens with one attached hydrogen (secondary N) is 1. The Morgan fingerprint density at radius 1 is 1.54 bits per heavy atom. The van der Waals surface area contributed by atoms with E-state index in [4.69, 9.17) is 11.6 Å². The minimum Gasteiger partial charge on any atom is -0.215 e. The molecule has 0 radical (unpaired) electrons. The second kappa shape index (κ2) is 4.23. The largest absolute Gasteiger partial charge is 0.233 e. The molecule has 0 saturated carbocycles. The molecule has 0 saturated heterocycles. The molecule has 0 unspecified atom stereocenters. The van der Waals surface area contributed by atoms with E-state index in [1.165, 1.54) is 24.5 Å². The summed E-state index contributed by atoms with van der Waals surface area (Å²) >= 11 is 6.99. The van der Waals surface area contributed by atoms with Crippen LogP contribution in [0, 0.1) is 0 Å². The van der Waals surface area contributed by atoms with Crippen molar-refractivity contribution >= 4 is 39.0 Å². The first-order chi connectivity index (χ1) is 6.03. The van der Waals surface area contributed by atoms with E-state index < -0.39 is 10.0 Å². The van der Waals surface area contributed by atoms with Crippen molar-refractivity contribution in [3.63, 3.8) is 0 Å². The fourth-order valence-corrected chi connectivity index (χ4v) is 2.15. The summed E-state index contributed by atoms with van der Waals surface area (Å²) in [6, 6.07) is 3.48. The van der Waals surface area contributed by atoms with Gasteiger partial charge in [-0.25, -0.2) is 13.1 Å². The van der Waals surface area contributed by atoms with Crippen molar-refractivity contribution in [1.82, 2.24) is 4.72 Å². The highest BCUT2D eigenvalue weighted by atomic mass is 35.5. The molecule has 1 aromatic heterocycles. The maximum Gasteiger partial charge on any atom is 0.233 e. The smallest absolute Gasteiger partial charge is 0.215 e. The van der Waals surface area contributed by atoms with E-state index in [9.17, 15) is 8.42 Å². The molecule has 0 fully saturated rings. The molecule has 1 heterocycles. The van der Waals surface area contributed by atoms with E-state index in [1.54, 1.807) is 12.1 Å². The van der Waals surface area contributed by atoms with Crippen molar-refractivity contribution in [2.24, 2.45) is 0 Å². The van der Waals surface area contributed by atoms with E-state index in [-0.39, 0.29) is 0 Å². The van der Waals surface area contributed by atoms with Gasteiger partial charge in [0.15, 0.2) is 0 Å². The van der Waals surface area contributed by atoms with Gasteiger partial charge in [-0.1, -0.05) is 11.6 Å². The molecule has 1 aromatic rings. The summed E-state index contributed by atoms with van der Waals surface area (Å²) in [5.41, 5.74) is 0. The lowest BCUT2D eigenvalue weighted by atomic mass is 10.5. The molecule has 3 nitrogen and oxygen atoms in total. The minimum absolute atomic E-state index is 0.640. The molecule has 6 heteroatoms. The summed E-state index contributed by atoms with van der Waals surface area (Å²) < 4.78 is 24.7. The van der Waals surface area contributed by atoms with Crippen LogP contribution in [0.1, 0.15) is 4.88 Å². The van der Waals surface area contributed by atoms with Crippen LogP contribution in [0.25, 0.3) is 6.08 Å². The van der Waals surface area contributed by atoms with Gasteiger partial charge in [0.05, 0.1) is 4.34 Å². The zero-order valence-electron chi connectivity index (χ0n) is 6.82. The van der Waals surface area contributed by atoms with Gasteiger partial charge in [-0.3, -0.25) is 0 Å². The molecule has 13 heavy (non-hydrogen) atoms. The summed E-state index contributed by atoms with van der Waals surface area (Å²) in [7, 11) is -1.91. The zero-order chi connectivity index (χ0) is 9.90. The highest BCUT2D eigenvalue weighted by Gasteiger charge is 1.99. The first kappa shape index (κ1) is 10.7. The predicted molar refractivity (Wildman–Crippen MR) is 56.3 cm³/mol. The van der Waals surface area contributed by atoms with E-state index in [0.29, 0.717) is 4.34 Å². The van der Waals surface area contributed by atoms with Crippen molar-refractivity contribution in [2.75, 3.05) is 7.05 Å². The van der Waals surface area contributed by atoms with Crippen LogP contribution >= 0.6 is 22.9 Å². The van der Waals surface area contributed by atoms with Crippen LogP contribution in [0.5, 0.6) is 0 Å². The average molecular weight is 238 g/mol. The number of hydrogen-bond donors (Lipinski definition) is 1. The van der Waals surface area contributed by atoms with E-state index in [1.807, 2.05) is 0 Å². The van der Waals surface area contributed by atoms with Crippen LogP contribution < -0.4 is 4.72 Å². The molecule has 0 spiro atoms. The van der Waals surface area contributed by atoms with E-state index in [2.05, 4.69) is 4.72 Å². The summed E-state index contributed by atoms with van der Waals surface area (Å²) in [6.07, 6.45) is 1.50. The normalized spacial score (nSPS) is 12.5. The predicted octanol–water partition coefficient (Wildman–Crippen LogP) is 1.92. The number of hydrogen-bond acceptors (Lipinski definition) is 3. The van der Waals surface area contributed by atoms with Gasteiger partial charge in [0.25, 0.3) is 0 Å². The number of halogens is 1. The van der Waals surface area contributed by atoms with Gasteiger partial charge in [0.1, 0.15) is 0 Å². The molecule has 0 aliphatic rings. The Labute approximate surface area is 86.1 Å². The Morgan fingerprint density at radius 2 is 2.23 bits per heavy atom. The lowest BCUT2D eigenvalue weighted by Gasteiger charge is -1.91. The molecule has 0 aliphatic carbocycles. The molecule has 0 aliphatic heterocycles. The molecular formula is C7H8ClNO2S2. The second-order valence-electron chi connectivity index (χ2n) is 2.19. The van der Waals surface area contributed by atoms with Gasteiger partial charge in [0.2, 0.25) is 10.0 Å². The van der Waals surface area contributed by atoms with Gasteiger partial charge < -0.3 is 0 Å². The molecule has 0 atom stereocenters. The van der Waals surface area contributed by atoms with Gasteiger partial charge in [-0.2, -0.15) is 0 Å². The van der Waals surface area contributed by atoms with E-state index >= 15 is 0 Å². The monoisotopic (exact) mass is 237 g/mol. The average Bonchev–Trinajstić information content (AvgIpc) is 2.48. The molecule has 1 N–H and O–H groups in total. The highest BCUT2D eigenvalue weighted by molar-refractivity contribution is 7.92. The first-order valence-corrected chi connectivity index (χ1v) is 6.14. The van der Waals surface area contributed by atoms with Crippen LogP contribution in [-0.2, 0) is 10.0 Å². The quantitative estimate of drug-likeness (QED) is 0.873. The lowest BCUT2D eigenvalue weighted by molar-refractivity contribution is 0.597. The molecule has 0 bridgehead atoms. The number of thiophene rings is 1. The zero-order valence-corrected chi connectivity index (χ0v) is 9.21. The van der Waals surface area contributed by atoms with Crippen LogP contribution in [0.2, 0.25) is 4.34 Å². The molecule has 0 amide bonds. The minimum atomic E-state index is -3.28. The maximum atomic E-state index is 11.0. The van der Waals surface area contributed by atoms with Crippen LogP contribution in [0.4, 0.5) is 0 Å². The number of rotatable bonds is 3. The van der Waals surface area contributed by atoms with Crippen LogP contribution in [-0.4, -0.2) is 15.5 Å². The van der Waals surface area contributed by atoms with Gasteiger partial charge in [0, 0.05) is 10.3 Å². The first-order valence-electron chi connectivity index (χ1n) is 3.40. The Bertz CT molecular complexity index is 408. The fourth-order valence-electron chi connectivity index (χ4n) is 0.643. The summed E-state index contributed by atoms with van der Waals surface area (Å²) in [5.74, 6) is 0. The van der Waals surface area contributed by atoms with Crippen molar-refractivity contribution in [3.8, 4) is 0 Å². The molecular weight excluding hydrogens is 230 g/mol. The van der Waals surface area contributed by atoms with Gasteiger partial charge in [-0.05, 0) is 25.3 Å². The Balaban J connectivity index is 2.81.